The molecule has 2 heteroatoms. The van der Waals surface area contributed by atoms with E-state index in [0.717, 1.165) is 38.6 Å². The van der Waals surface area contributed by atoms with Crippen LogP contribution >= 0.6 is 0 Å². The molecule has 2 heterocycles. The summed E-state index contributed by atoms with van der Waals surface area (Å²) in [4.78, 5) is 4.86. The summed E-state index contributed by atoms with van der Waals surface area (Å²) >= 11 is 0. The van der Waals surface area contributed by atoms with Crippen LogP contribution in [-0.2, 0) is 19.3 Å². The molecule has 0 saturated carbocycles. The zero-order valence-electron chi connectivity index (χ0n) is 21.5. The van der Waals surface area contributed by atoms with E-state index in [9.17, 15) is 0 Å². The SMILES string of the molecule is C1=Cc2c(c3c(c4ccc(-c5ccccc5)cc24)C=CC(c2ccnc4c2CCC2=C4NCC=C2)C3)CC1. The Balaban J connectivity index is 1.26. The van der Waals surface area contributed by atoms with Crippen LogP contribution in [0.5, 0.6) is 0 Å². The fourth-order valence-electron chi connectivity index (χ4n) is 7.10. The highest BCUT2D eigenvalue weighted by Crippen LogP contribution is 2.44. The molecule has 0 bridgehead atoms. The minimum atomic E-state index is 0.386. The van der Waals surface area contributed by atoms with Gasteiger partial charge in [-0.25, -0.2) is 0 Å². The maximum atomic E-state index is 4.86. The first-order valence-corrected chi connectivity index (χ1v) is 14.0. The highest BCUT2D eigenvalue weighted by Gasteiger charge is 2.28. The summed E-state index contributed by atoms with van der Waals surface area (Å²) in [5, 5.41) is 6.37. The topological polar surface area (TPSA) is 24.9 Å². The standard InChI is InChI=1S/C36H30N2/c1-2-7-23(8-3-1)25-13-15-30-31-16-14-26(22-34(31)29-11-5-4-10-28(29)33(30)21-25)27-18-20-38-36-32(27)17-12-24-9-6-19-37-35(24)36/h1-4,6-10,13-16,18,20-21,26,37H,5,11-12,17,19,22H2. The van der Waals surface area contributed by atoms with Crippen molar-refractivity contribution in [3.8, 4) is 11.1 Å². The molecule has 1 aromatic heterocycles. The molecule has 4 aliphatic rings. The number of hydrogen-bond donors (Lipinski definition) is 1. The van der Waals surface area contributed by atoms with Crippen molar-refractivity contribution < 1.29 is 0 Å². The Morgan fingerprint density at radius 2 is 1.66 bits per heavy atom. The summed E-state index contributed by atoms with van der Waals surface area (Å²) in [5.74, 6) is 0.386. The Labute approximate surface area is 224 Å². The van der Waals surface area contributed by atoms with E-state index >= 15 is 0 Å². The molecule has 0 fully saturated rings. The summed E-state index contributed by atoms with van der Waals surface area (Å²) in [6.07, 6.45) is 21.6. The van der Waals surface area contributed by atoms with Crippen LogP contribution in [-0.4, -0.2) is 11.5 Å². The summed E-state index contributed by atoms with van der Waals surface area (Å²) in [7, 11) is 0. The summed E-state index contributed by atoms with van der Waals surface area (Å²) in [6, 6.07) is 20.1. The molecule has 0 spiro atoms. The zero-order valence-corrected chi connectivity index (χ0v) is 21.5. The first kappa shape index (κ1) is 21.9. The fraction of sp³-hybridized carbons (Fsp3) is 0.194. The van der Waals surface area contributed by atoms with Crippen molar-refractivity contribution in [3.05, 3.63) is 130 Å². The van der Waals surface area contributed by atoms with Gasteiger partial charge in [0.1, 0.15) is 0 Å². The summed E-state index contributed by atoms with van der Waals surface area (Å²) in [6.45, 7) is 0.888. The van der Waals surface area contributed by atoms with E-state index in [4.69, 9.17) is 4.98 Å². The molecule has 2 nitrogen and oxygen atoms in total. The minimum Gasteiger partial charge on any atom is -0.380 e. The molecule has 1 N–H and O–H groups in total. The van der Waals surface area contributed by atoms with Gasteiger partial charge in [-0.15, -0.1) is 0 Å². The van der Waals surface area contributed by atoms with Gasteiger partial charge in [0.2, 0.25) is 0 Å². The van der Waals surface area contributed by atoms with Crippen LogP contribution in [0, 0.1) is 0 Å². The van der Waals surface area contributed by atoms with Gasteiger partial charge in [-0.3, -0.25) is 4.98 Å². The van der Waals surface area contributed by atoms with Crippen molar-refractivity contribution in [2.75, 3.05) is 6.54 Å². The predicted octanol–water partition coefficient (Wildman–Crippen LogP) is 8.03. The van der Waals surface area contributed by atoms with Crippen LogP contribution in [0.4, 0.5) is 0 Å². The lowest BCUT2D eigenvalue weighted by Crippen LogP contribution is -2.24. The van der Waals surface area contributed by atoms with Crippen molar-refractivity contribution >= 4 is 28.6 Å². The molecule has 3 aliphatic carbocycles. The zero-order chi connectivity index (χ0) is 25.1. The number of nitrogens with zero attached hydrogens (tertiary/aromatic N) is 1. The molecule has 0 saturated heterocycles. The molecule has 1 aliphatic heterocycles. The van der Waals surface area contributed by atoms with E-state index in [1.807, 2.05) is 6.20 Å². The van der Waals surface area contributed by atoms with Gasteiger partial charge < -0.3 is 5.32 Å². The van der Waals surface area contributed by atoms with E-state index in [2.05, 4.69) is 96.4 Å². The smallest absolute Gasteiger partial charge is 0.0898 e. The number of hydrogen-bond acceptors (Lipinski definition) is 2. The summed E-state index contributed by atoms with van der Waals surface area (Å²) < 4.78 is 0. The molecular weight excluding hydrogens is 460 g/mol. The third-order valence-corrected chi connectivity index (χ3v) is 8.90. The van der Waals surface area contributed by atoms with Gasteiger partial charge in [0.05, 0.1) is 11.4 Å². The Hall–Kier alpha value is -4.17. The average Bonchev–Trinajstić information content (AvgIpc) is 3.00. The largest absolute Gasteiger partial charge is 0.380 e. The molecular formula is C36H30N2. The van der Waals surface area contributed by atoms with Crippen molar-refractivity contribution in [3.63, 3.8) is 0 Å². The predicted molar refractivity (Wildman–Crippen MR) is 159 cm³/mol. The molecule has 0 amide bonds. The van der Waals surface area contributed by atoms with Crippen LogP contribution in [0.2, 0.25) is 0 Å². The minimum absolute atomic E-state index is 0.386. The van der Waals surface area contributed by atoms with Crippen LogP contribution in [0.1, 0.15) is 57.8 Å². The van der Waals surface area contributed by atoms with E-state index < -0.39 is 0 Å². The lowest BCUT2D eigenvalue weighted by atomic mass is 9.75. The summed E-state index contributed by atoms with van der Waals surface area (Å²) in [5.41, 5.74) is 15.3. The molecule has 4 aromatic rings. The van der Waals surface area contributed by atoms with Gasteiger partial charge in [-0.2, -0.15) is 0 Å². The lowest BCUT2D eigenvalue weighted by Gasteiger charge is -2.31. The Morgan fingerprint density at radius 1 is 0.737 bits per heavy atom. The molecule has 1 atom stereocenters. The van der Waals surface area contributed by atoms with Crippen LogP contribution in [0.3, 0.4) is 0 Å². The number of benzene rings is 3. The molecule has 1 unspecified atom stereocenters. The highest BCUT2D eigenvalue weighted by atomic mass is 14.9. The van der Waals surface area contributed by atoms with Crippen molar-refractivity contribution in [1.82, 2.24) is 10.3 Å². The third kappa shape index (κ3) is 3.36. The van der Waals surface area contributed by atoms with Crippen molar-refractivity contribution in [2.24, 2.45) is 0 Å². The Morgan fingerprint density at radius 3 is 2.61 bits per heavy atom. The van der Waals surface area contributed by atoms with E-state index in [1.165, 1.54) is 61.1 Å². The normalized spacial score (nSPS) is 19.0. The van der Waals surface area contributed by atoms with E-state index in [-0.39, 0.29) is 0 Å². The number of allylic oxidation sites excluding steroid dienone is 4. The fourth-order valence-corrected chi connectivity index (χ4v) is 7.10. The van der Waals surface area contributed by atoms with Gasteiger partial charge in [-0.1, -0.05) is 78.9 Å². The number of dihydropyridines is 1. The molecule has 8 rings (SSSR count). The first-order chi connectivity index (χ1) is 18.8. The number of rotatable bonds is 2. The van der Waals surface area contributed by atoms with Gasteiger partial charge in [-0.05, 0) is 105 Å². The lowest BCUT2D eigenvalue weighted by molar-refractivity contribution is 0.771. The van der Waals surface area contributed by atoms with Gasteiger partial charge >= 0.3 is 0 Å². The van der Waals surface area contributed by atoms with Gasteiger partial charge in [0, 0.05) is 18.7 Å². The monoisotopic (exact) mass is 490 g/mol. The van der Waals surface area contributed by atoms with Crippen LogP contribution in [0.25, 0.3) is 39.7 Å². The van der Waals surface area contributed by atoms with Crippen molar-refractivity contribution in [1.29, 1.82) is 0 Å². The Bertz CT molecular complexity index is 1730. The highest BCUT2D eigenvalue weighted by molar-refractivity contribution is 6.02. The quantitative estimate of drug-likeness (QED) is 0.308. The number of pyridine rings is 1. The third-order valence-electron chi connectivity index (χ3n) is 8.90. The average molecular weight is 491 g/mol. The van der Waals surface area contributed by atoms with Crippen LogP contribution < -0.4 is 5.32 Å². The van der Waals surface area contributed by atoms with Crippen molar-refractivity contribution in [2.45, 2.75) is 38.0 Å². The van der Waals surface area contributed by atoms with Gasteiger partial charge in [0.15, 0.2) is 0 Å². The first-order valence-electron chi connectivity index (χ1n) is 14.0. The van der Waals surface area contributed by atoms with Gasteiger partial charge in [0.25, 0.3) is 0 Å². The second kappa shape index (κ2) is 8.70. The molecule has 3 aromatic carbocycles. The Kier molecular flexibility index (Phi) is 5.01. The molecule has 38 heavy (non-hydrogen) atoms. The number of nitrogens with one attached hydrogen (secondary N) is 1. The molecule has 0 radical (unpaired) electrons. The second-order valence-corrected chi connectivity index (χ2v) is 10.9. The maximum absolute atomic E-state index is 4.86. The maximum Gasteiger partial charge on any atom is 0.0898 e. The second-order valence-electron chi connectivity index (χ2n) is 10.9. The van der Waals surface area contributed by atoms with Crippen LogP contribution in [0.15, 0.2) is 90.7 Å². The molecule has 184 valence electrons. The number of aromatic nitrogens is 1. The number of fused-ring (bicyclic) bond motifs is 8. The van der Waals surface area contributed by atoms with E-state index in [0.29, 0.717) is 5.92 Å². The van der Waals surface area contributed by atoms with E-state index in [1.54, 1.807) is 11.1 Å².